The molecule has 0 saturated carbocycles. The molecule has 5 nitrogen and oxygen atoms in total. The number of rotatable bonds is 5. The summed E-state index contributed by atoms with van der Waals surface area (Å²) in [5.74, 6) is -0.849. The fourth-order valence-electron chi connectivity index (χ4n) is 1.20. The van der Waals surface area contributed by atoms with Crippen LogP contribution in [0.2, 0.25) is 0 Å². The number of anilines is 1. The van der Waals surface area contributed by atoms with Crippen molar-refractivity contribution in [2.45, 2.75) is 6.92 Å². The summed E-state index contributed by atoms with van der Waals surface area (Å²) in [6.45, 7) is 1.83. The Kier molecular flexibility index (Phi) is 4.79. The van der Waals surface area contributed by atoms with Gasteiger partial charge in [-0.2, -0.15) is 0 Å². The molecule has 0 radical (unpaired) electrons. The van der Waals surface area contributed by atoms with Crippen molar-refractivity contribution < 1.29 is 16.8 Å². The number of sulfone groups is 1. The van der Waals surface area contributed by atoms with Crippen LogP contribution in [0.3, 0.4) is 0 Å². The molecule has 0 bridgehead atoms. The van der Waals surface area contributed by atoms with Gasteiger partial charge in [-0.3, -0.25) is 4.72 Å². The third-order valence-electron chi connectivity index (χ3n) is 2.11. The summed E-state index contributed by atoms with van der Waals surface area (Å²) < 4.78 is 48.3. The van der Waals surface area contributed by atoms with Crippen LogP contribution in [0.5, 0.6) is 0 Å². The lowest BCUT2D eigenvalue weighted by atomic mass is 10.2. The summed E-state index contributed by atoms with van der Waals surface area (Å²) in [5.41, 5.74) is 1.31. The quantitative estimate of drug-likeness (QED) is 0.868. The lowest BCUT2D eigenvalue weighted by molar-refractivity contribution is 0.593. The molecule has 0 aliphatic heterocycles. The molecule has 0 aliphatic carbocycles. The van der Waals surface area contributed by atoms with Gasteiger partial charge in [0.15, 0.2) is 0 Å². The Hall–Kier alpha value is -0.600. The SMILES string of the molecule is Cc1ccc(Br)c(NS(=O)(=O)CCS(C)(=O)=O)c1. The van der Waals surface area contributed by atoms with Gasteiger partial charge >= 0.3 is 0 Å². The van der Waals surface area contributed by atoms with Crippen LogP contribution < -0.4 is 4.72 Å². The fourth-order valence-corrected chi connectivity index (χ4v) is 4.37. The summed E-state index contributed by atoms with van der Waals surface area (Å²) in [6.07, 6.45) is 1.01. The van der Waals surface area contributed by atoms with Gasteiger partial charge in [0, 0.05) is 10.7 Å². The molecule has 1 aromatic carbocycles. The Balaban J connectivity index is 2.86. The van der Waals surface area contributed by atoms with E-state index in [1.165, 1.54) is 0 Å². The van der Waals surface area contributed by atoms with Crippen molar-refractivity contribution in [1.82, 2.24) is 0 Å². The second-order valence-electron chi connectivity index (χ2n) is 4.03. The van der Waals surface area contributed by atoms with E-state index >= 15 is 0 Å². The average molecular weight is 356 g/mol. The molecule has 0 aliphatic rings. The van der Waals surface area contributed by atoms with E-state index in [1.807, 2.05) is 13.0 Å². The average Bonchev–Trinajstić information content (AvgIpc) is 2.20. The highest BCUT2D eigenvalue weighted by atomic mass is 79.9. The first-order chi connectivity index (χ1) is 8.09. The minimum Gasteiger partial charge on any atom is -0.282 e. The number of hydrogen-bond donors (Lipinski definition) is 1. The maximum atomic E-state index is 11.7. The summed E-state index contributed by atoms with van der Waals surface area (Å²) in [6, 6.07) is 5.23. The van der Waals surface area contributed by atoms with Crippen LogP contribution >= 0.6 is 15.9 Å². The van der Waals surface area contributed by atoms with Crippen molar-refractivity contribution in [3.63, 3.8) is 0 Å². The van der Waals surface area contributed by atoms with E-state index in [9.17, 15) is 16.8 Å². The highest BCUT2D eigenvalue weighted by molar-refractivity contribution is 9.10. The Labute approximate surface area is 116 Å². The third-order valence-corrected chi connectivity index (χ3v) is 5.28. The zero-order chi connectivity index (χ0) is 14.0. The molecule has 18 heavy (non-hydrogen) atoms. The van der Waals surface area contributed by atoms with Crippen molar-refractivity contribution in [1.29, 1.82) is 0 Å². The van der Waals surface area contributed by atoms with Crippen molar-refractivity contribution >= 4 is 41.5 Å². The Bertz CT molecular complexity index is 638. The van der Waals surface area contributed by atoms with Crippen LogP contribution in [-0.2, 0) is 19.9 Å². The maximum Gasteiger partial charge on any atom is 0.233 e. The van der Waals surface area contributed by atoms with E-state index in [2.05, 4.69) is 20.7 Å². The second-order valence-corrected chi connectivity index (χ2v) is 8.99. The predicted octanol–water partition coefficient (Wildman–Crippen LogP) is 1.54. The molecule has 8 heteroatoms. The van der Waals surface area contributed by atoms with E-state index in [1.54, 1.807) is 12.1 Å². The van der Waals surface area contributed by atoms with Gasteiger partial charge in [-0.25, -0.2) is 16.8 Å². The van der Waals surface area contributed by atoms with Crippen molar-refractivity contribution in [2.24, 2.45) is 0 Å². The molecule has 0 heterocycles. The number of nitrogens with one attached hydrogen (secondary N) is 1. The van der Waals surface area contributed by atoms with Gasteiger partial charge in [-0.1, -0.05) is 6.07 Å². The molecule has 0 saturated heterocycles. The molecule has 0 atom stereocenters. The molecular formula is C10H14BrNO4S2. The molecular weight excluding hydrogens is 342 g/mol. The zero-order valence-corrected chi connectivity index (χ0v) is 13.2. The van der Waals surface area contributed by atoms with Crippen molar-refractivity contribution in [3.05, 3.63) is 28.2 Å². The van der Waals surface area contributed by atoms with Crippen LogP contribution in [0.4, 0.5) is 5.69 Å². The van der Waals surface area contributed by atoms with Gasteiger partial charge in [0.2, 0.25) is 10.0 Å². The van der Waals surface area contributed by atoms with Gasteiger partial charge < -0.3 is 0 Å². The Morgan fingerprint density at radius 3 is 2.33 bits per heavy atom. The molecule has 1 rings (SSSR count). The van der Waals surface area contributed by atoms with Gasteiger partial charge in [0.1, 0.15) is 9.84 Å². The first-order valence-corrected chi connectivity index (χ1v) is 9.54. The number of sulfonamides is 1. The van der Waals surface area contributed by atoms with Crippen molar-refractivity contribution in [2.75, 3.05) is 22.5 Å². The molecule has 0 amide bonds. The molecule has 1 N–H and O–H groups in total. The first-order valence-electron chi connectivity index (χ1n) is 5.03. The van der Waals surface area contributed by atoms with Crippen molar-refractivity contribution in [3.8, 4) is 0 Å². The topological polar surface area (TPSA) is 80.3 Å². The number of halogens is 1. The van der Waals surface area contributed by atoms with Crippen LogP contribution in [0.1, 0.15) is 5.56 Å². The standard InChI is InChI=1S/C10H14BrNO4S2/c1-8-3-4-9(11)10(7-8)12-18(15,16)6-5-17(2,13)14/h3-4,7,12H,5-6H2,1-2H3. The maximum absolute atomic E-state index is 11.7. The van der Waals surface area contributed by atoms with E-state index in [0.29, 0.717) is 10.2 Å². The lowest BCUT2D eigenvalue weighted by Crippen LogP contribution is -2.22. The normalized spacial score (nSPS) is 12.4. The highest BCUT2D eigenvalue weighted by Crippen LogP contribution is 2.24. The van der Waals surface area contributed by atoms with Crippen LogP contribution in [-0.4, -0.2) is 34.6 Å². The zero-order valence-electron chi connectivity index (χ0n) is 9.97. The summed E-state index contributed by atoms with van der Waals surface area (Å²) in [4.78, 5) is 0. The van der Waals surface area contributed by atoms with E-state index in [4.69, 9.17) is 0 Å². The molecule has 0 spiro atoms. The van der Waals surface area contributed by atoms with E-state index < -0.39 is 31.4 Å². The summed E-state index contributed by atoms with van der Waals surface area (Å²) >= 11 is 3.23. The minimum atomic E-state index is -3.67. The molecule has 0 unspecified atom stereocenters. The van der Waals surface area contributed by atoms with Crippen LogP contribution in [0, 0.1) is 6.92 Å². The molecule has 102 valence electrons. The van der Waals surface area contributed by atoms with E-state index in [-0.39, 0.29) is 0 Å². The highest BCUT2D eigenvalue weighted by Gasteiger charge is 2.15. The number of hydrogen-bond acceptors (Lipinski definition) is 4. The number of aryl methyl sites for hydroxylation is 1. The number of benzene rings is 1. The summed E-state index contributed by atoms with van der Waals surface area (Å²) in [5, 5.41) is 0. The summed E-state index contributed by atoms with van der Waals surface area (Å²) in [7, 11) is -6.97. The van der Waals surface area contributed by atoms with Gasteiger partial charge in [0.25, 0.3) is 0 Å². The Morgan fingerprint density at radius 1 is 1.17 bits per heavy atom. The monoisotopic (exact) mass is 355 g/mol. The minimum absolute atomic E-state index is 0.397. The largest absolute Gasteiger partial charge is 0.282 e. The van der Waals surface area contributed by atoms with Crippen LogP contribution in [0.15, 0.2) is 22.7 Å². The van der Waals surface area contributed by atoms with E-state index in [0.717, 1.165) is 11.8 Å². The second kappa shape index (κ2) is 5.58. The molecule has 1 aromatic rings. The van der Waals surface area contributed by atoms with Gasteiger partial charge in [-0.15, -0.1) is 0 Å². The van der Waals surface area contributed by atoms with Crippen LogP contribution in [0.25, 0.3) is 0 Å². The first kappa shape index (κ1) is 15.5. The van der Waals surface area contributed by atoms with Gasteiger partial charge in [0.05, 0.1) is 17.2 Å². The predicted molar refractivity (Wildman–Crippen MR) is 76.0 cm³/mol. The lowest BCUT2D eigenvalue weighted by Gasteiger charge is -2.10. The molecule has 0 aromatic heterocycles. The van der Waals surface area contributed by atoms with Gasteiger partial charge in [-0.05, 0) is 40.5 Å². The molecule has 0 fully saturated rings. The smallest absolute Gasteiger partial charge is 0.233 e. The third kappa shape index (κ3) is 5.36. The Morgan fingerprint density at radius 2 is 1.78 bits per heavy atom. The fraction of sp³-hybridized carbons (Fsp3) is 0.400.